The highest BCUT2D eigenvalue weighted by Gasteiger charge is 2.31. The predicted molar refractivity (Wildman–Crippen MR) is 106 cm³/mol. The van der Waals surface area contributed by atoms with Gasteiger partial charge in [-0.1, -0.05) is 6.07 Å². The van der Waals surface area contributed by atoms with E-state index >= 15 is 0 Å². The van der Waals surface area contributed by atoms with E-state index in [1.54, 1.807) is 36.4 Å². The first-order chi connectivity index (χ1) is 13.2. The van der Waals surface area contributed by atoms with Gasteiger partial charge in [-0.2, -0.15) is 0 Å². The van der Waals surface area contributed by atoms with Crippen LogP contribution in [0.4, 0.5) is 11.4 Å². The Balaban J connectivity index is 1.91. The molecule has 0 radical (unpaired) electrons. The van der Waals surface area contributed by atoms with Crippen molar-refractivity contribution in [1.29, 1.82) is 0 Å². The van der Waals surface area contributed by atoms with Crippen molar-refractivity contribution < 1.29 is 27.4 Å². The zero-order chi connectivity index (χ0) is 20.5. The lowest BCUT2D eigenvalue weighted by Gasteiger charge is -2.29. The second kappa shape index (κ2) is 7.59. The minimum Gasteiger partial charge on any atom is -0.495 e. The zero-order valence-corrected chi connectivity index (χ0v) is 16.9. The number of nitrogens with one attached hydrogen (secondary N) is 1. The van der Waals surface area contributed by atoms with Gasteiger partial charge in [0.05, 0.1) is 19.1 Å². The Morgan fingerprint density at radius 2 is 1.89 bits per heavy atom. The first-order valence-corrected chi connectivity index (χ1v) is 10.4. The largest absolute Gasteiger partial charge is 0.495 e. The molecule has 0 aromatic heterocycles. The molecule has 0 saturated heterocycles. The van der Waals surface area contributed by atoms with Crippen molar-refractivity contribution in [3.05, 3.63) is 42.0 Å². The molecule has 9 heteroatoms. The van der Waals surface area contributed by atoms with E-state index in [4.69, 9.17) is 14.2 Å². The minimum absolute atomic E-state index is 0.123. The quantitative estimate of drug-likeness (QED) is 0.792. The second-order valence-electron chi connectivity index (χ2n) is 6.47. The van der Waals surface area contributed by atoms with Crippen molar-refractivity contribution in [2.75, 3.05) is 29.8 Å². The summed E-state index contributed by atoms with van der Waals surface area (Å²) in [6.07, 6.45) is 1.05. The fourth-order valence-corrected chi connectivity index (χ4v) is 4.14. The number of anilines is 2. The van der Waals surface area contributed by atoms with E-state index < -0.39 is 22.0 Å². The van der Waals surface area contributed by atoms with Crippen LogP contribution in [0.1, 0.15) is 12.5 Å². The first-order valence-electron chi connectivity index (χ1n) is 8.55. The highest BCUT2D eigenvalue weighted by atomic mass is 32.2. The van der Waals surface area contributed by atoms with Crippen LogP contribution in [0.2, 0.25) is 0 Å². The molecule has 1 heterocycles. The van der Waals surface area contributed by atoms with Gasteiger partial charge in [-0.3, -0.25) is 9.10 Å². The normalized spacial score (nSPS) is 13.7. The Morgan fingerprint density at radius 1 is 1.18 bits per heavy atom. The van der Waals surface area contributed by atoms with Crippen molar-refractivity contribution in [2.45, 2.75) is 19.9 Å². The maximum absolute atomic E-state index is 12.8. The predicted octanol–water partition coefficient (Wildman–Crippen LogP) is 2.53. The van der Waals surface area contributed by atoms with Crippen molar-refractivity contribution in [1.82, 2.24) is 0 Å². The molecular weight excluding hydrogens is 384 g/mol. The first kappa shape index (κ1) is 19.8. The highest BCUT2D eigenvalue weighted by molar-refractivity contribution is 7.92. The number of benzene rings is 2. The molecule has 1 atom stereocenters. The average molecular weight is 406 g/mol. The van der Waals surface area contributed by atoms with Crippen molar-refractivity contribution in [3.63, 3.8) is 0 Å². The third-order valence-corrected chi connectivity index (χ3v) is 5.53. The summed E-state index contributed by atoms with van der Waals surface area (Å²) in [5, 5.41) is 2.72. The Bertz CT molecular complexity index is 1010. The molecule has 0 saturated carbocycles. The molecule has 1 aliphatic rings. The van der Waals surface area contributed by atoms with Gasteiger partial charge in [0.25, 0.3) is 0 Å². The molecule has 2 aromatic rings. The van der Waals surface area contributed by atoms with Gasteiger partial charge in [0.1, 0.15) is 11.8 Å². The number of hydrogen-bond acceptors (Lipinski definition) is 6. The Labute approximate surface area is 164 Å². The number of methoxy groups -OCH3 is 1. The molecule has 0 spiro atoms. The number of rotatable bonds is 6. The smallest absolute Gasteiger partial charge is 0.247 e. The van der Waals surface area contributed by atoms with Crippen LogP contribution in [-0.4, -0.2) is 40.5 Å². The number of nitrogens with zero attached hydrogens (tertiary/aromatic N) is 1. The van der Waals surface area contributed by atoms with Gasteiger partial charge in [-0.05, 0) is 43.7 Å². The molecular formula is C19H22N2O6S. The van der Waals surface area contributed by atoms with Gasteiger partial charge < -0.3 is 19.5 Å². The van der Waals surface area contributed by atoms with Gasteiger partial charge in [-0.25, -0.2) is 8.42 Å². The molecule has 1 aliphatic heterocycles. The standard InChI is InChI=1S/C19H22N2O6S/c1-12-5-7-16(25-3)15(9-12)21(28(4,23)24)13(2)19(22)20-14-6-8-17-18(10-14)27-11-26-17/h5-10,13H,11H2,1-4H3,(H,20,22). The van der Waals surface area contributed by atoms with E-state index in [9.17, 15) is 13.2 Å². The zero-order valence-electron chi connectivity index (χ0n) is 16.1. The fourth-order valence-electron chi connectivity index (χ4n) is 2.97. The summed E-state index contributed by atoms with van der Waals surface area (Å²) in [4.78, 5) is 12.8. The van der Waals surface area contributed by atoms with Gasteiger partial charge in [0, 0.05) is 11.8 Å². The van der Waals surface area contributed by atoms with Crippen LogP contribution in [-0.2, 0) is 14.8 Å². The molecule has 0 bridgehead atoms. The molecule has 150 valence electrons. The maximum Gasteiger partial charge on any atom is 0.247 e. The third kappa shape index (κ3) is 3.99. The number of sulfonamides is 1. The number of carbonyl (C=O) groups is 1. The number of fused-ring (bicyclic) bond motifs is 1. The number of ether oxygens (including phenoxy) is 3. The molecule has 1 amide bonds. The van der Waals surface area contributed by atoms with E-state index in [1.807, 2.05) is 6.92 Å². The van der Waals surface area contributed by atoms with Crippen LogP contribution in [0.15, 0.2) is 36.4 Å². The molecule has 3 rings (SSSR count). The molecule has 28 heavy (non-hydrogen) atoms. The Morgan fingerprint density at radius 3 is 2.57 bits per heavy atom. The van der Waals surface area contributed by atoms with E-state index in [0.29, 0.717) is 28.6 Å². The van der Waals surface area contributed by atoms with E-state index in [2.05, 4.69) is 5.32 Å². The summed E-state index contributed by atoms with van der Waals surface area (Å²) in [7, 11) is -2.32. The highest BCUT2D eigenvalue weighted by Crippen LogP contribution is 2.35. The average Bonchev–Trinajstić information content (AvgIpc) is 3.08. The van der Waals surface area contributed by atoms with Gasteiger partial charge >= 0.3 is 0 Å². The van der Waals surface area contributed by atoms with Crippen molar-refractivity contribution in [3.8, 4) is 17.2 Å². The lowest BCUT2D eigenvalue weighted by Crippen LogP contribution is -2.45. The lowest BCUT2D eigenvalue weighted by molar-refractivity contribution is -0.116. The van der Waals surface area contributed by atoms with Crippen LogP contribution >= 0.6 is 0 Å². The summed E-state index contributed by atoms with van der Waals surface area (Å²) in [5.74, 6) is 0.977. The molecule has 1 unspecified atom stereocenters. The molecule has 0 aliphatic carbocycles. The van der Waals surface area contributed by atoms with Crippen LogP contribution < -0.4 is 23.8 Å². The summed E-state index contributed by atoms with van der Waals surface area (Å²) >= 11 is 0. The number of hydrogen-bond donors (Lipinski definition) is 1. The fraction of sp³-hybridized carbons (Fsp3) is 0.316. The van der Waals surface area contributed by atoms with E-state index in [-0.39, 0.29) is 6.79 Å². The summed E-state index contributed by atoms with van der Waals surface area (Å²) in [6.45, 7) is 3.48. The SMILES string of the molecule is COc1ccc(C)cc1N(C(C)C(=O)Nc1ccc2c(c1)OCO2)S(C)(=O)=O. The van der Waals surface area contributed by atoms with E-state index in [1.165, 1.54) is 14.0 Å². The molecule has 0 fully saturated rings. The van der Waals surface area contributed by atoms with Crippen LogP contribution in [0.3, 0.4) is 0 Å². The van der Waals surface area contributed by atoms with Gasteiger partial charge in [0.2, 0.25) is 22.7 Å². The monoisotopic (exact) mass is 406 g/mol. The maximum atomic E-state index is 12.8. The number of carbonyl (C=O) groups excluding carboxylic acids is 1. The van der Waals surface area contributed by atoms with Crippen LogP contribution in [0.25, 0.3) is 0 Å². The van der Waals surface area contributed by atoms with Crippen LogP contribution in [0.5, 0.6) is 17.2 Å². The molecule has 8 nitrogen and oxygen atoms in total. The summed E-state index contributed by atoms with van der Waals surface area (Å²) in [5.41, 5.74) is 1.62. The minimum atomic E-state index is -3.77. The number of aryl methyl sites for hydroxylation is 1. The Hall–Kier alpha value is -2.94. The van der Waals surface area contributed by atoms with Gasteiger partial charge in [0.15, 0.2) is 11.5 Å². The summed E-state index contributed by atoms with van der Waals surface area (Å²) in [6, 6.07) is 9.10. The van der Waals surface area contributed by atoms with Crippen molar-refractivity contribution >= 4 is 27.3 Å². The topological polar surface area (TPSA) is 94.2 Å². The van der Waals surface area contributed by atoms with E-state index in [0.717, 1.165) is 16.1 Å². The van der Waals surface area contributed by atoms with Crippen molar-refractivity contribution in [2.24, 2.45) is 0 Å². The lowest BCUT2D eigenvalue weighted by atomic mass is 10.2. The van der Waals surface area contributed by atoms with Gasteiger partial charge in [-0.15, -0.1) is 0 Å². The molecule has 2 aromatic carbocycles. The Kier molecular flexibility index (Phi) is 5.37. The third-order valence-electron chi connectivity index (χ3n) is 4.30. The summed E-state index contributed by atoms with van der Waals surface area (Å²) < 4.78 is 41.9. The second-order valence-corrected chi connectivity index (χ2v) is 8.33. The number of amides is 1. The molecule has 1 N–H and O–H groups in total. The van der Waals surface area contributed by atoms with Crippen LogP contribution in [0, 0.1) is 6.92 Å².